The minimum absolute atomic E-state index is 0.219. The van der Waals surface area contributed by atoms with E-state index in [4.69, 9.17) is 4.42 Å². The summed E-state index contributed by atoms with van der Waals surface area (Å²) in [5.41, 5.74) is 3.97. The predicted octanol–water partition coefficient (Wildman–Crippen LogP) is 3.87. The number of nitrogens with one attached hydrogen (secondary N) is 1. The van der Waals surface area contributed by atoms with Gasteiger partial charge in [0.2, 0.25) is 0 Å². The van der Waals surface area contributed by atoms with Gasteiger partial charge in [-0.1, -0.05) is 6.07 Å². The molecule has 1 aromatic carbocycles. The van der Waals surface area contributed by atoms with Crippen LogP contribution in [-0.4, -0.2) is 27.0 Å². The Morgan fingerprint density at radius 3 is 3.04 bits per heavy atom. The maximum atomic E-state index is 11.2. The van der Waals surface area contributed by atoms with Crippen LogP contribution in [-0.2, 0) is 13.0 Å². The van der Waals surface area contributed by atoms with E-state index < -0.39 is 5.97 Å². The van der Waals surface area contributed by atoms with Crippen molar-refractivity contribution in [3.05, 3.63) is 70.3 Å². The van der Waals surface area contributed by atoms with Gasteiger partial charge < -0.3 is 19.2 Å². The number of carboxylic acid groups (broad SMARTS) is 1. The zero-order valence-corrected chi connectivity index (χ0v) is 15.4. The molecule has 0 saturated carbocycles. The van der Waals surface area contributed by atoms with Crippen LogP contribution >= 0.6 is 15.9 Å². The Bertz CT molecular complexity index is 1100. The van der Waals surface area contributed by atoms with Crippen molar-refractivity contribution in [2.75, 3.05) is 6.54 Å². The lowest BCUT2D eigenvalue weighted by atomic mass is 10.1. The second-order valence-electron chi connectivity index (χ2n) is 6.04. The van der Waals surface area contributed by atoms with E-state index in [1.54, 1.807) is 29.1 Å². The van der Waals surface area contributed by atoms with Crippen molar-refractivity contribution in [3.63, 3.8) is 0 Å². The van der Waals surface area contributed by atoms with Crippen LogP contribution in [0.25, 0.3) is 16.6 Å². The number of carbonyl (C=O) groups is 1. The van der Waals surface area contributed by atoms with Gasteiger partial charge in [0.15, 0.2) is 5.65 Å². The van der Waals surface area contributed by atoms with Gasteiger partial charge in [-0.15, -0.1) is 0 Å². The molecule has 3 aromatic heterocycles. The van der Waals surface area contributed by atoms with Gasteiger partial charge in [-0.25, -0.2) is 9.78 Å². The first-order valence-electron chi connectivity index (χ1n) is 8.17. The number of benzene rings is 1. The van der Waals surface area contributed by atoms with E-state index in [1.807, 2.05) is 12.1 Å². The molecule has 0 atom stereocenters. The number of carboxylic acids is 1. The van der Waals surface area contributed by atoms with Crippen molar-refractivity contribution in [2.24, 2.45) is 0 Å². The van der Waals surface area contributed by atoms with E-state index in [0.717, 1.165) is 29.6 Å². The minimum atomic E-state index is -0.963. The van der Waals surface area contributed by atoms with E-state index in [1.165, 1.54) is 5.56 Å². The molecule has 6 nitrogen and oxygen atoms in total. The van der Waals surface area contributed by atoms with Crippen molar-refractivity contribution in [3.8, 4) is 0 Å². The third-order valence-corrected chi connectivity index (χ3v) is 4.88. The molecule has 2 N–H and O–H groups in total. The summed E-state index contributed by atoms with van der Waals surface area (Å²) < 4.78 is 7.82. The molecule has 7 heteroatoms. The third-order valence-electron chi connectivity index (χ3n) is 4.30. The maximum Gasteiger partial charge on any atom is 0.337 e. The lowest BCUT2D eigenvalue weighted by molar-refractivity contribution is 0.0696. The third kappa shape index (κ3) is 3.23. The highest BCUT2D eigenvalue weighted by atomic mass is 79.9. The molecule has 132 valence electrons. The molecule has 4 aromatic rings. The first-order valence-corrected chi connectivity index (χ1v) is 8.97. The fraction of sp³-hybridized carbons (Fsp3) is 0.158. The molecule has 4 rings (SSSR count). The van der Waals surface area contributed by atoms with Gasteiger partial charge in [0.1, 0.15) is 5.58 Å². The fourth-order valence-electron chi connectivity index (χ4n) is 2.96. The van der Waals surface area contributed by atoms with Crippen molar-refractivity contribution in [2.45, 2.75) is 13.0 Å². The first kappa shape index (κ1) is 16.8. The number of aromatic carboxylic acids is 1. The summed E-state index contributed by atoms with van der Waals surface area (Å²) >= 11 is 3.38. The van der Waals surface area contributed by atoms with Gasteiger partial charge >= 0.3 is 5.97 Å². The average molecular weight is 414 g/mol. The Labute approximate surface area is 157 Å². The largest absolute Gasteiger partial charge is 0.478 e. The summed E-state index contributed by atoms with van der Waals surface area (Å²) in [5, 5.41) is 13.7. The standard InChI is InChI=1S/C19H16BrN3O3/c20-16-8-14(19(24)25)11-23-15(10-22-18(16)23)9-21-5-3-12-1-2-17-13(7-12)4-6-26-17/h1-2,4,6-8,10-11,21H,3,5,9H2,(H,24,25). The van der Waals surface area contributed by atoms with Crippen molar-refractivity contribution >= 4 is 38.5 Å². The van der Waals surface area contributed by atoms with Crippen molar-refractivity contribution in [1.82, 2.24) is 14.7 Å². The summed E-state index contributed by atoms with van der Waals surface area (Å²) in [6.07, 6.45) is 5.94. The lowest BCUT2D eigenvalue weighted by Gasteiger charge is -2.07. The van der Waals surface area contributed by atoms with Crippen LogP contribution in [0.1, 0.15) is 21.6 Å². The monoisotopic (exact) mass is 413 g/mol. The Morgan fingerprint density at radius 2 is 2.19 bits per heavy atom. The van der Waals surface area contributed by atoms with Crippen molar-refractivity contribution in [1.29, 1.82) is 0 Å². The fourth-order valence-corrected chi connectivity index (χ4v) is 3.50. The van der Waals surface area contributed by atoms with Gasteiger partial charge in [-0.05, 0) is 58.7 Å². The second kappa shape index (κ2) is 6.93. The molecule has 0 aliphatic heterocycles. The summed E-state index contributed by atoms with van der Waals surface area (Å²) in [6, 6.07) is 9.71. The number of halogens is 1. The van der Waals surface area contributed by atoms with Gasteiger partial charge in [0, 0.05) is 18.1 Å². The van der Waals surface area contributed by atoms with E-state index in [0.29, 0.717) is 16.7 Å². The Morgan fingerprint density at radius 1 is 1.31 bits per heavy atom. The minimum Gasteiger partial charge on any atom is -0.478 e. The van der Waals surface area contributed by atoms with Crippen LogP contribution in [0.15, 0.2) is 57.9 Å². The SMILES string of the molecule is O=C(O)c1cc(Br)c2ncc(CNCCc3ccc4occc4c3)n2c1. The molecule has 26 heavy (non-hydrogen) atoms. The van der Waals surface area contributed by atoms with Crippen LogP contribution in [0.2, 0.25) is 0 Å². The number of imidazole rings is 1. The smallest absolute Gasteiger partial charge is 0.337 e. The lowest BCUT2D eigenvalue weighted by Crippen LogP contribution is -2.18. The molecule has 0 unspecified atom stereocenters. The van der Waals surface area contributed by atoms with Gasteiger partial charge in [-0.3, -0.25) is 0 Å². The molecule has 3 heterocycles. The molecule has 0 aliphatic carbocycles. The number of pyridine rings is 1. The Kier molecular flexibility index (Phi) is 4.48. The molecular formula is C19H16BrN3O3. The number of hydrogen-bond donors (Lipinski definition) is 2. The summed E-state index contributed by atoms with van der Waals surface area (Å²) in [6.45, 7) is 1.40. The van der Waals surface area contributed by atoms with E-state index in [2.05, 4.69) is 38.4 Å². The topological polar surface area (TPSA) is 79.8 Å². The zero-order chi connectivity index (χ0) is 18.1. The van der Waals surface area contributed by atoms with Crippen molar-refractivity contribution < 1.29 is 14.3 Å². The van der Waals surface area contributed by atoms with Crippen LogP contribution in [0.5, 0.6) is 0 Å². The van der Waals surface area contributed by atoms with Crippen LogP contribution < -0.4 is 5.32 Å². The second-order valence-corrected chi connectivity index (χ2v) is 6.90. The number of hydrogen-bond acceptors (Lipinski definition) is 4. The molecule has 0 saturated heterocycles. The molecule has 0 spiro atoms. The summed E-state index contributed by atoms with van der Waals surface area (Å²) in [7, 11) is 0. The maximum absolute atomic E-state index is 11.2. The molecule has 0 bridgehead atoms. The number of nitrogens with zero attached hydrogens (tertiary/aromatic N) is 2. The number of aromatic nitrogens is 2. The first-order chi connectivity index (χ1) is 12.6. The van der Waals surface area contributed by atoms with E-state index in [-0.39, 0.29) is 5.56 Å². The highest BCUT2D eigenvalue weighted by Gasteiger charge is 2.11. The number of fused-ring (bicyclic) bond motifs is 2. The van der Waals surface area contributed by atoms with Crippen LogP contribution in [0.4, 0.5) is 0 Å². The highest BCUT2D eigenvalue weighted by Crippen LogP contribution is 2.21. The van der Waals surface area contributed by atoms with E-state index in [9.17, 15) is 9.90 Å². The molecule has 0 amide bonds. The van der Waals surface area contributed by atoms with Gasteiger partial charge in [0.25, 0.3) is 0 Å². The normalized spacial score (nSPS) is 11.4. The zero-order valence-electron chi connectivity index (χ0n) is 13.8. The molecule has 0 radical (unpaired) electrons. The van der Waals surface area contributed by atoms with Gasteiger partial charge in [0.05, 0.1) is 28.2 Å². The summed E-state index contributed by atoms with van der Waals surface area (Å²) in [4.78, 5) is 15.6. The highest BCUT2D eigenvalue weighted by molar-refractivity contribution is 9.10. The summed E-state index contributed by atoms with van der Waals surface area (Å²) in [5.74, 6) is -0.963. The number of rotatable bonds is 6. The number of furan rings is 1. The average Bonchev–Trinajstić information content (AvgIpc) is 3.25. The quantitative estimate of drug-likeness (QED) is 0.469. The predicted molar refractivity (Wildman–Crippen MR) is 101 cm³/mol. The molecule has 0 aliphatic rings. The molecular weight excluding hydrogens is 398 g/mol. The molecule has 0 fully saturated rings. The van der Waals surface area contributed by atoms with Crippen LogP contribution in [0, 0.1) is 0 Å². The van der Waals surface area contributed by atoms with Crippen LogP contribution in [0.3, 0.4) is 0 Å². The Hall–Kier alpha value is -2.64. The Balaban J connectivity index is 1.43. The van der Waals surface area contributed by atoms with E-state index >= 15 is 0 Å². The van der Waals surface area contributed by atoms with Gasteiger partial charge in [-0.2, -0.15) is 0 Å².